The smallest absolute Gasteiger partial charge is 0.255 e. The highest BCUT2D eigenvalue weighted by atomic mass is 16.5. The minimum absolute atomic E-state index is 0.0707. The Hall–Kier alpha value is -2.53. The van der Waals surface area contributed by atoms with Gasteiger partial charge < -0.3 is 19.9 Å². The zero-order valence-corrected chi connectivity index (χ0v) is 15.0. The Bertz CT molecular complexity index is 748. The Labute approximate surface area is 154 Å². The maximum atomic E-state index is 12.7. The van der Waals surface area contributed by atoms with Crippen LogP contribution in [0.5, 0.6) is 0 Å². The van der Waals surface area contributed by atoms with E-state index in [1.165, 1.54) is 18.5 Å². The molecule has 0 radical (unpaired) electrons. The Balaban J connectivity index is 1.47. The van der Waals surface area contributed by atoms with E-state index in [1.807, 2.05) is 42.5 Å². The van der Waals surface area contributed by atoms with Gasteiger partial charge >= 0.3 is 0 Å². The number of morpholine rings is 1. The summed E-state index contributed by atoms with van der Waals surface area (Å²) in [6, 6.07) is 15.9. The molecule has 2 aromatic rings. The van der Waals surface area contributed by atoms with Gasteiger partial charge in [0.25, 0.3) is 5.91 Å². The van der Waals surface area contributed by atoms with Crippen molar-refractivity contribution in [1.82, 2.24) is 0 Å². The number of ether oxygens (including phenoxy) is 1. The molecule has 136 valence electrons. The lowest BCUT2D eigenvalue weighted by Gasteiger charge is -2.30. The number of anilines is 3. The van der Waals surface area contributed by atoms with Gasteiger partial charge in [0.2, 0.25) is 0 Å². The first-order chi connectivity index (χ1) is 12.8. The minimum Gasteiger partial charge on any atom is -0.378 e. The predicted molar refractivity (Wildman–Crippen MR) is 105 cm³/mol. The Morgan fingerprint density at radius 1 is 0.846 bits per heavy atom. The van der Waals surface area contributed by atoms with Gasteiger partial charge in [-0.3, -0.25) is 4.79 Å². The van der Waals surface area contributed by atoms with Crippen LogP contribution >= 0.6 is 0 Å². The molecule has 2 aliphatic rings. The van der Waals surface area contributed by atoms with Crippen LogP contribution in [0.15, 0.2) is 48.5 Å². The molecule has 2 aromatic carbocycles. The number of hydrogen-bond donors (Lipinski definition) is 1. The number of hydrogen-bond acceptors (Lipinski definition) is 4. The first kappa shape index (κ1) is 16.9. The van der Waals surface area contributed by atoms with Crippen LogP contribution in [-0.4, -0.2) is 45.3 Å². The minimum atomic E-state index is -0.0707. The van der Waals surface area contributed by atoms with E-state index in [4.69, 9.17) is 4.74 Å². The van der Waals surface area contributed by atoms with Crippen LogP contribution in [0.4, 0.5) is 17.1 Å². The second-order valence-corrected chi connectivity index (χ2v) is 6.81. The van der Waals surface area contributed by atoms with Crippen molar-refractivity contribution < 1.29 is 9.53 Å². The van der Waals surface area contributed by atoms with Gasteiger partial charge in [-0.05, 0) is 49.2 Å². The molecule has 2 aliphatic heterocycles. The third-order valence-corrected chi connectivity index (χ3v) is 5.10. The molecule has 1 N–H and O–H groups in total. The Morgan fingerprint density at radius 3 is 2.27 bits per heavy atom. The zero-order chi connectivity index (χ0) is 17.8. The molecule has 0 aliphatic carbocycles. The van der Waals surface area contributed by atoms with E-state index in [0.29, 0.717) is 5.56 Å². The third kappa shape index (κ3) is 3.68. The van der Waals surface area contributed by atoms with E-state index in [1.54, 1.807) is 0 Å². The SMILES string of the molecule is O=C(Nc1ccccc1N1CCOCC1)c1ccc(N2CCCC2)cc1. The van der Waals surface area contributed by atoms with E-state index in [2.05, 4.69) is 21.2 Å². The molecule has 0 saturated carbocycles. The number of nitrogens with one attached hydrogen (secondary N) is 1. The largest absolute Gasteiger partial charge is 0.378 e. The maximum absolute atomic E-state index is 12.7. The maximum Gasteiger partial charge on any atom is 0.255 e. The van der Waals surface area contributed by atoms with Gasteiger partial charge in [-0.25, -0.2) is 0 Å². The van der Waals surface area contributed by atoms with Crippen LogP contribution in [0.3, 0.4) is 0 Å². The summed E-state index contributed by atoms with van der Waals surface area (Å²) in [6.07, 6.45) is 2.50. The molecule has 0 unspecified atom stereocenters. The molecule has 0 atom stereocenters. The zero-order valence-electron chi connectivity index (χ0n) is 15.0. The highest BCUT2D eigenvalue weighted by Gasteiger charge is 2.17. The lowest BCUT2D eigenvalue weighted by Crippen LogP contribution is -2.36. The van der Waals surface area contributed by atoms with E-state index in [-0.39, 0.29) is 5.91 Å². The summed E-state index contributed by atoms with van der Waals surface area (Å²) in [5, 5.41) is 3.08. The highest BCUT2D eigenvalue weighted by molar-refractivity contribution is 6.06. The number of rotatable bonds is 4. The van der Waals surface area contributed by atoms with Gasteiger partial charge in [0, 0.05) is 37.4 Å². The molecule has 2 heterocycles. The molecule has 5 nitrogen and oxygen atoms in total. The van der Waals surface area contributed by atoms with Crippen molar-refractivity contribution in [3.63, 3.8) is 0 Å². The van der Waals surface area contributed by atoms with Gasteiger partial charge in [-0.1, -0.05) is 12.1 Å². The van der Waals surface area contributed by atoms with Crippen molar-refractivity contribution in [2.45, 2.75) is 12.8 Å². The number of benzene rings is 2. The number of carbonyl (C=O) groups excluding carboxylic acids is 1. The van der Waals surface area contributed by atoms with Crippen molar-refractivity contribution >= 4 is 23.0 Å². The molecule has 26 heavy (non-hydrogen) atoms. The van der Waals surface area contributed by atoms with Gasteiger partial charge in [0.1, 0.15) is 0 Å². The summed E-state index contributed by atoms with van der Waals surface area (Å²) in [7, 11) is 0. The van der Waals surface area contributed by atoms with Gasteiger partial charge in [0.05, 0.1) is 24.6 Å². The molecule has 0 bridgehead atoms. The molecule has 1 amide bonds. The third-order valence-electron chi connectivity index (χ3n) is 5.10. The summed E-state index contributed by atoms with van der Waals surface area (Å²) < 4.78 is 5.43. The van der Waals surface area contributed by atoms with Gasteiger partial charge in [0.15, 0.2) is 0 Å². The standard InChI is InChI=1S/C21H25N3O2/c25-21(17-7-9-18(10-8-17)23-11-3-4-12-23)22-19-5-1-2-6-20(19)24-13-15-26-16-14-24/h1-2,5-10H,3-4,11-16H2,(H,22,25). The Morgan fingerprint density at radius 2 is 1.54 bits per heavy atom. The fourth-order valence-corrected chi connectivity index (χ4v) is 3.65. The topological polar surface area (TPSA) is 44.8 Å². The van der Waals surface area contributed by atoms with Crippen molar-refractivity contribution in [3.8, 4) is 0 Å². The Kier molecular flexibility index (Phi) is 5.07. The van der Waals surface area contributed by atoms with Gasteiger partial charge in [-0.2, -0.15) is 0 Å². The quantitative estimate of drug-likeness (QED) is 0.917. The average molecular weight is 351 g/mol. The summed E-state index contributed by atoms with van der Waals surface area (Å²) in [5.74, 6) is -0.0707. The van der Waals surface area contributed by atoms with Crippen LogP contribution in [0.1, 0.15) is 23.2 Å². The van der Waals surface area contributed by atoms with Crippen LogP contribution in [0.2, 0.25) is 0 Å². The normalized spacial score (nSPS) is 17.4. The number of carbonyl (C=O) groups is 1. The second-order valence-electron chi connectivity index (χ2n) is 6.81. The van der Waals surface area contributed by atoms with Crippen molar-refractivity contribution in [2.24, 2.45) is 0 Å². The van der Waals surface area contributed by atoms with Crippen molar-refractivity contribution in [2.75, 3.05) is 54.5 Å². The fourth-order valence-electron chi connectivity index (χ4n) is 3.65. The van der Waals surface area contributed by atoms with Gasteiger partial charge in [-0.15, -0.1) is 0 Å². The lowest BCUT2D eigenvalue weighted by atomic mass is 10.1. The number of para-hydroxylation sites is 2. The monoisotopic (exact) mass is 351 g/mol. The second kappa shape index (κ2) is 7.79. The van der Waals surface area contributed by atoms with Crippen LogP contribution < -0.4 is 15.1 Å². The molecule has 2 fully saturated rings. The molecular weight excluding hydrogens is 326 g/mol. The van der Waals surface area contributed by atoms with Crippen LogP contribution in [-0.2, 0) is 4.74 Å². The summed E-state index contributed by atoms with van der Waals surface area (Å²) >= 11 is 0. The van der Waals surface area contributed by atoms with E-state index in [0.717, 1.165) is 50.8 Å². The summed E-state index contributed by atoms with van der Waals surface area (Å²) in [4.78, 5) is 17.3. The van der Waals surface area contributed by atoms with Crippen LogP contribution in [0, 0.1) is 0 Å². The molecule has 0 aromatic heterocycles. The molecular formula is C21H25N3O2. The fraction of sp³-hybridized carbons (Fsp3) is 0.381. The van der Waals surface area contributed by atoms with E-state index in [9.17, 15) is 4.79 Å². The highest BCUT2D eigenvalue weighted by Crippen LogP contribution is 2.27. The van der Waals surface area contributed by atoms with E-state index >= 15 is 0 Å². The molecule has 5 heteroatoms. The first-order valence-corrected chi connectivity index (χ1v) is 9.39. The molecule has 4 rings (SSSR count). The lowest BCUT2D eigenvalue weighted by molar-refractivity contribution is 0.102. The van der Waals surface area contributed by atoms with Crippen molar-refractivity contribution in [3.05, 3.63) is 54.1 Å². The first-order valence-electron chi connectivity index (χ1n) is 9.39. The number of nitrogens with zero attached hydrogens (tertiary/aromatic N) is 2. The summed E-state index contributed by atoms with van der Waals surface area (Å²) in [5.41, 5.74) is 3.79. The predicted octanol–water partition coefficient (Wildman–Crippen LogP) is 3.38. The van der Waals surface area contributed by atoms with Crippen LogP contribution in [0.25, 0.3) is 0 Å². The summed E-state index contributed by atoms with van der Waals surface area (Å²) in [6.45, 7) is 5.35. The van der Waals surface area contributed by atoms with E-state index < -0.39 is 0 Å². The average Bonchev–Trinajstić information content (AvgIpc) is 3.24. The number of amides is 1. The molecule has 2 saturated heterocycles. The molecule has 0 spiro atoms. The van der Waals surface area contributed by atoms with Crippen molar-refractivity contribution in [1.29, 1.82) is 0 Å².